The monoisotopic (exact) mass is 394 g/mol. The van der Waals surface area contributed by atoms with E-state index < -0.39 is 0 Å². The molecule has 1 aromatic heterocycles. The van der Waals surface area contributed by atoms with Crippen molar-refractivity contribution in [3.05, 3.63) is 41.3 Å². The zero-order valence-electron chi connectivity index (χ0n) is 15.3. The highest BCUT2D eigenvalue weighted by Gasteiger charge is 2.28. The molecule has 0 spiro atoms. The molecule has 1 aliphatic rings. The first kappa shape index (κ1) is 20.7. The molecule has 1 atom stereocenters. The first-order valence-electron chi connectivity index (χ1n) is 8.97. The van der Waals surface area contributed by atoms with Gasteiger partial charge in [0.05, 0.1) is 6.61 Å². The lowest BCUT2D eigenvalue weighted by Crippen LogP contribution is -2.42. The molecule has 2 aromatic rings. The van der Waals surface area contributed by atoms with Crippen molar-refractivity contribution in [3.8, 4) is 16.2 Å². The largest absolute Gasteiger partial charge is 0.492 e. The third-order valence-electron chi connectivity index (χ3n) is 4.82. The summed E-state index contributed by atoms with van der Waals surface area (Å²) in [7, 11) is 0. The Bertz CT molecular complexity index is 710. The quantitative estimate of drug-likeness (QED) is 0.815. The molecule has 26 heavy (non-hydrogen) atoms. The van der Waals surface area contributed by atoms with Crippen LogP contribution < -0.4 is 10.5 Å². The summed E-state index contributed by atoms with van der Waals surface area (Å²) in [5.74, 6) is 1.29. The summed E-state index contributed by atoms with van der Waals surface area (Å²) >= 11 is 1.52. The van der Waals surface area contributed by atoms with Crippen molar-refractivity contribution in [2.24, 2.45) is 11.7 Å². The van der Waals surface area contributed by atoms with Gasteiger partial charge in [-0.25, -0.2) is 0 Å². The molecule has 1 unspecified atom stereocenters. The van der Waals surface area contributed by atoms with E-state index in [-0.39, 0.29) is 24.4 Å². The Morgan fingerprint density at radius 3 is 2.54 bits per heavy atom. The molecule has 0 saturated carbocycles. The summed E-state index contributed by atoms with van der Waals surface area (Å²) < 4.78 is 5.75. The zero-order valence-corrected chi connectivity index (χ0v) is 16.9. The van der Waals surface area contributed by atoms with E-state index in [1.165, 1.54) is 11.3 Å². The fraction of sp³-hybridized carbons (Fsp3) is 0.450. The number of hydrogen-bond acceptors (Lipinski definition) is 4. The van der Waals surface area contributed by atoms with Gasteiger partial charge in [-0.05, 0) is 44.2 Å². The van der Waals surface area contributed by atoms with E-state index in [0.717, 1.165) is 36.4 Å². The Morgan fingerprint density at radius 1 is 1.31 bits per heavy atom. The highest BCUT2D eigenvalue weighted by atomic mass is 35.5. The molecular formula is C20H27ClN2O2S. The minimum absolute atomic E-state index is 0. The molecule has 1 aliphatic heterocycles. The molecule has 142 valence electrons. The Kier molecular flexibility index (Phi) is 7.50. The van der Waals surface area contributed by atoms with E-state index in [1.807, 2.05) is 36.1 Å². The lowest BCUT2D eigenvalue weighted by atomic mass is 9.91. The van der Waals surface area contributed by atoms with Crippen molar-refractivity contribution in [3.63, 3.8) is 0 Å². The number of hydrogen-bond donors (Lipinski definition) is 1. The van der Waals surface area contributed by atoms with Crippen LogP contribution in [0.5, 0.6) is 5.75 Å². The number of carbonyl (C=O) groups is 1. The number of halogens is 1. The van der Waals surface area contributed by atoms with E-state index in [0.29, 0.717) is 23.2 Å². The maximum absolute atomic E-state index is 13.0. The number of nitrogens with zero attached hydrogens (tertiary/aromatic N) is 1. The van der Waals surface area contributed by atoms with Crippen LogP contribution in [0.2, 0.25) is 0 Å². The van der Waals surface area contributed by atoms with Crippen LogP contribution in [-0.2, 0) is 0 Å². The first-order chi connectivity index (χ1) is 12.1. The van der Waals surface area contributed by atoms with Crippen molar-refractivity contribution in [1.82, 2.24) is 4.90 Å². The maximum Gasteiger partial charge on any atom is 0.267 e. The summed E-state index contributed by atoms with van der Waals surface area (Å²) in [5.41, 5.74) is 7.12. The molecule has 1 fully saturated rings. The normalized spacial score (nSPS) is 16.0. The predicted molar refractivity (Wildman–Crippen MR) is 110 cm³/mol. The summed E-state index contributed by atoms with van der Waals surface area (Å²) in [4.78, 5) is 16.8. The minimum atomic E-state index is 0. The number of rotatable bonds is 5. The predicted octanol–water partition coefficient (Wildman–Crippen LogP) is 4.44. The SMILES string of the molecule is CCOc1cc(-c2ccccc2)sc1C(=O)N1CCC(C(C)N)CC1.Cl. The van der Waals surface area contributed by atoms with Crippen LogP contribution in [-0.4, -0.2) is 36.5 Å². The van der Waals surface area contributed by atoms with Crippen LogP contribution in [0.1, 0.15) is 36.4 Å². The molecule has 0 radical (unpaired) electrons. The second kappa shape index (κ2) is 9.40. The molecule has 6 heteroatoms. The molecular weight excluding hydrogens is 368 g/mol. The van der Waals surface area contributed by atoms with Crippen LogP contribution in [0.25, 0.3) is 10.4 Å². The number of benzene rings is 1. The van der Waals surface area contributed by atoms with Crippen LogP contribution >= 0.6 is 23.7 Å². The van der Waals surface area contributed by atoms with Crippen molar-refractivity contribution in [2.75, 3.05) is 19.7 Å². The van der Waals surface area contributed by atoms with Gasteiger partial charge >= 0.3 is 0 Å². The van der Waals surface area contributed by atoms with Gasteiger partial charge in [0.15, 0.2) is 0 Å². The summed E-state index contributed by atoms with van der Waals surface area (Å²) in [5, 5.41) is 0. The van der Waals surface area contributed by atoms with Gasteiger partial charge < -0.3 is 15.4 Å². The molecule has 1 saturated heterocycles. The number of piperidine rings is 1. The molecule has 3 rings (SSSR count). The standard InChI is InChI=1S/C20H26N2O2S.ClH/c1-3-24-17-13-18(16-7-5-4-6-8-16)25-19(17)20(23)22-11-9-15(10-12-22)14(2)21;/h4-8,13-15H,3,9-12,21H2,1-2H3;1H. The average molecular weight is 395 g/mol. The molecule has 2 heterocycles. The molecule has 4 nitrogen and oxygen atoms in total. The van der Waals surface area contributed by atoms with Gasteiger partial charge in [0.2, 0.25) is 0 Å². The molecule has 2 N–H and O–H groups in total. The molecule has 0 aliphatic carbocycles. The zero-order chi connectivity index (χ0) is 17.8. The van der Waals surface area contributed by atoms with Gasteiger partial charge in [-0.2, -0.15) is 0 Å². The first-order valence-corrected chi connectivity index (χ1v) is 9.78. The van der Waals surface area contributed by atoms with E-state index in [1.54, 1.807) is 0 Å². The van der Waals surface area contributed by atoms with Crippen molar-refractivity contribution in [1.29, 1.82) is 0 Å². The highest BCUT2D eigenvalue weighted by molar-refractivity contribution is 7.17. The van der Waals surface area contributed by atoms with Gasteiger partial charge in [-0.15, -0.1) is 23.7 Å². The Balaban J connectivity index is 0.00000243. The second-order valence-corrected chi connectivity index (χ2v) is 7.64. The number of thiophene rings is 1. The second-order valence-electron chi connectivity index (χ2n) is 6.59. The van der Waals surface area contributed by atoms with Crippen molar-refractivity contribution in [2.45, 2.75) is 32.7 Å². The summed E-state index contributed by atoms with van der Waals surface area (Å²) in [6, 6.07) is 12.3. The summed E-state index contributed by atoms with van der Waals surface area (Å²) in [6.45, 7) is 6.10. The molecule has 0 bridgehead atoms. The van der Waals surface area contributed by atoms with E-state index >= 15 is 0 Å². The van der Waals surface area contributed by atoms with Crippen LogP contribution in [0.3, 0.4) is 0 Å². The number of carbonyl (C=O) groups excluding carboxylic acids is 1. The van der Waals surface area contributed by atoms with Crippen LogP contribution in [0.4, 0.5) is 0 Å². The minimum Gasteiger partial charge on any atom is -0.492 e. The van der Waals surface area contributed by atoms with Gasteiger partial charge in [-0.1, -0.05) is 30.3 Å². The molecule has 1 aromatic carbocycles. The van der Waals surface area contributed by atoms with Crippen molar-refractivity contribution < 1.29 is 9.53 Å². The van der Waals surface area contributed by atoms with Gasteiger partial charge in [0.25, 0.3) is 5.91 Å². The Morgan fingerprint density at radius 2 is 1.96 bits per heavy atom. The smallest absolute Gasteiger partial charge is 0.267 e. The van der Waals surface area contributed by atoms with Gasteiger partial charge in [0.1, 0.15) is 10.6 Å². The number of nitrogens with two attached hydrogens (primary N) is 1. The van der Waals surface area contributed by atoms with Crippen LogP contribution in [0.15, 0.2) is 36.4 Å². The topological polar surface area (TPSA) is 55.6 Å². The van der Waals surface area contributed by atoms with E-state index in [9.17, 15) is 4.79 Å². The number of ether oxygens (including phenoxy) is 1. The third kappa shape index (κ3) is 4.58. The Labute approximate surface area is 165 Å². The van der Waals surface area contributed by atoms with Crippen molar-refractivity contribution >= 4 is 29.7 Å². The third-order valence-corrected chi connectivity index (χ3v) is 5.97. The average Bonchev–Trinajstić information content (AvgIpc) is 3.06. The Hall–Kier alpha value is -1.56. The van der Waals surface area contributed by atoms with E-state index in [4.69, 9.17) is 10.5 Å². The van der Waals surface area contributed by atoms with Crippen LogP contribution in [0, 0.1) is 5.92 Å². The van der Waals surface area contributed by atoms with Gasteiger partial charge in [-0.3, -0.25) is 4.79 Å². The number of likely N-dealkylation sites (tertiary alicyclic amines) is 1. The number of amides is 1. The lowest BCUT2D eigenvalue weighted by Gasteiger charge is -2.33. The fourth-order valence-corrected chi connectivity index (χ4v) is 4.38. The summed E-state index contributed by atoms with van der Waals surface area (Å²) in [6.07, 6.45) is 1.95. The maximum atomic E-state index is 13.0. The highest BCUT2D eigenvalue weighted by Crippen LogP contribution is 2.37. The molecule has 1 amide bonds. The fourth-order valence-electron chi connectivity index (χ4n) is 3.30. The van der Waals surface area contributed by atoms with E-state index in [2.05, 4.69) is 19.1 Å². The van der Waals surface area contributed by atoms with Gasteiger partial charge in [0, 0.05) is 24.0 Å². The lowest BCUT2D eigenvalue weighted by molar-refractivity contribution is 0.0682.